The second kappa shape index (κ2) is 8.91. The molecule has 1 aromatic rings. The van der Waals surface area contributed by atoms with Gasteiger partial charge < -0.3 is 28.7 Å². The van der Waals surface area contributed by atoms with E-state index in [1.54, 1.807) is 14.2 Å². The third-order valence-corrected chi connectivity index (χ3v) is 6.17. The number of hydrogen-bond acceptors (Lipinski definition) is 9. The van der Waals surface area contributed by atoms with E-state index in [4.69, 9.17) is 28.9 Å². The fourth-order valence-corrected chi connectivity index (χ4v) is 4.90. The molecule has 3 aliphatic heterocycles. The molecule has 0 radical (unpaired) electrons. The predicted molar refractivity (Wildman–Crippen MR) is 104 cm³/mol. The van der Waals surface area contributed by atoms with E-state index < -0.39 is 0 Å². The van der Waals surface area contributed by atoms with Gasteiger partial charge in [-0.3, -0.25) is 0 Å². The summed E-state index contributed by atoms with van der Waals surface area (Å²) in [5.74, 6) is 2.93. The minimum atomic E-state index is 0.0629. The van der Waals surface area contributed by atoms with E-state index in [9.17, 15) is 0 Å². The zero-order valence-electron chi connectivity index (χ0n) is 16.1. The van der Waals surface area contributed by atoms with Crippen LogP contribution in [0.2, 0.25) is 0 Å². The second-order valence-corrected chi connectivity index (χ2v) is 8.11. The number of methoxy groups -OCH3 is 2. The first kappa shape index (κ1) is 19.2. The number of ether oxygens (including phenoxy) is 4. The summed E-state index contributed by atoms with van der Waals surface area (Å²) in [5.41, 5.74) is 1.17. The van der Waals surface area contributed by atoms with Crippen molar-refractivity contribution in [3.05, 3.63) is 5.69 Å². The van der Waals surface area contributed by atoms with Gasteiger partial charge in [-0.25, -0.2) is 4.98 Å². The first-order chi connectivity index (χ1) is 13.3. The van der Waals surface area contributed by atoms with Crippen LogP contribution < -0.4 is 9.80 Å². The Kier molecular flexibility index (Phi) is 6.34. The van der Waals surface area contributed by atoms with Gasteiger partial charge in [-0.05, 0) is 0 Å². The van der Waals surface area contributed by atoms with Gasteiger partial charge >= 0.3 is 0 Å². The molecule has 0 bridgehead atoms. The molecule has 3 aliphatic rings. The molecular formula is C18H28N4O4S. The van der Waals surface area contributed by atoms with Crippen LogP contribution in [0.3, 0.4) is 0 Å². The molecule has 1 aromatic heterocycles. The molecule has 0 aromatic carbocycles. The molecular weight excluding hydrogens is 368 g/mol. The maximum Gasteiger partial charge on any atom is 0.227 e. The van der Waals surface area contributed by atoms with Gasteiger partial charge in [-0.1, -0.05) is 0 Å². The Labute approximate surface area is 164 Å². The average molecular weight is 397 g/mol. The lowest BCUT2D eigenvalue weighted by atomic mass is 10.2. The maximum absolute atomic E-state index is 5.82. The molecule has 9 heteroatoms. The lowest BCUT2D eigenvalue weighted by Crippen LogP contribution is -2.46. The number of aromatic nitrogens is 2. The zero-order valence-corrected chi connectivity index (χ0v) is 16.9. The van der Waals surface area contributed by atoms with Gasteiger partial charge in [0.25, 0.3) is 0 Å². The smallest absolute Gasteiger partial charge is 0.227 e. The summed E-state index contributed by atoms with van der Waals surface area (Å²) in [6.45, 7) is 5.77. The fraction of sp³-hybridized carbons (Fsp3) is 0.778. The average Bonchev–Trinajstić information content (AvgIpc) is 3.17. The number of thioether (sulfide) groups is 1. The molecule has 150 valence electrons. The summed E-state index contributed by atoms with van der Waals surface area (Å²) in [5, 5.41) is 0. The van der Waals surface area contributed by atoms with Gasteiger partial charge in [0.05, 0.1) is 49.2 Å². The molecule has 0 aliphatic carbocycles. The van der Waals surface area contributed by atoms with Crippen molar-refractivity contribution in [2.75, 3.05) is 82.4 Å². The Hall–Kier alpha value is -1.13. The van der Waals surface area contributed by atoms with Gasteiger partial charge in [0.15, 0.2) is 0 Å². The molecule has 2 saturated heterocycles. The van der Waals surface area contributed by atoms with Crippen molar-refractivity contribution >= 4 is 23.5 Å². The van der Waals surface area contributed by atoms with Crippen LogP contribution in [0.15, 0.2) is 4.90 Å². The van der Waals surface area contributed by atoms with Crippen LogP contribution in [0.4, 0.5) is 11.8 Å². The molecule has 27 heavy (non-hydrogen) atoms. The van der Waals surface area contributed by atoms with E-state index in [1.165, 1.54) is 10.6 Å². The van der Waals surface area contributed by atoms with Crippen molar-refractivity contribution in [2.24, 2.45) is 0 Å². The lowest BCUT2D eigenvalue weighted by Gasteiger charge is -2.36. The highest BCUT2D eigenvalue weighted by Gasteiger charge is 2.30. The molecule has 0 saturated carbocycles. The SMILES string of the molecule is COC[C@@H]1CN(c2nc3c(c(N4CCO[C@@H](COC)C4)n2)SCC3)CCO1. The standard InChI is InChI=1S/C18H28N4O4S/c1-23-11-13-9-21(4-6-25-13)17-16-15(3-8-27-16)19-18(20-17)22-5-7-26-14(10-22)12-24-2/h13-14H,3-12H2,1-2H3/t13-,14+/m1/s1. The Morgan fingerprint density at radius 2 is 1.67 bits per heavy atom. The largest absolute Gasteiger partial charge is 0.382 e. The van der Waals surface area contributed by atoms with E-state index in [0.717, 1.165) is 50.1 Å². The molecule has 2 fully saturated rings. The van der Waals surface area contributed by atoms with Crippen molar-refractivity contribution in [2.45, 2.75) is 23.5 Å². The summed E-state index contributed by atoms with van der Waals surface area (Å²) < 4.78 is 22.2. The van der Waals surface area contributed by atoms with Crippen LogP contribution in [-0.4, -0.2) is 94.8 Å². The van der Waals surface area contributed by atoms with Crippen LogP contribution in [0.1, 0.15) is 5.69 Å². The highest BCUT2D eigenvalue weighted by atomic mass is 32.2. The van der Waals surface area contributed by atoms with Crippen molar-refractivity contribution in [1.29, 1.82) is 0 Å². The molecule has 0 unspecified atom stereocenters. The highest BCUT2D eigenvalue weighted by Crippen LogP contribution is 2.39. The Bertz CT molecular complexity index is 646. The number of fused-ring (bicyclic) bond motifs is 1. The summed E-state index contributed by atoms with van der Waals surface area (Å²) in [6, 6.07) is 0. The third-order valence-electron chi connectivity index (χ3n) is 5.06. The number of hydrogen-bond donors (Lipinski definition) is 0. The van der Waals surface area contributed by atoms with Crippen molar-refractivity contribution < 1.29 is 18.9 Å². The Balaban J connectivity index is 1.58. The van der Waals surface area contributed by atoms with E-state index in [-0.39, 0.29) is 12.2 Å². The Morgan fingerprint density at radius 1 is 1.00 bits per heavy atom. The molecule has 0 amide bonds. The van der Waals surface area contributed by atoms with Crippen LogP contribution >= 0.6 is 11.8 Å². The quantitative estimate of drug-likeness (QED) is 0.695. The van der Waals surface area contributed by atoms with Crippen molar-refractivity contribution in [3.8, 4) is 0 Å². The van der Waals surface area contributed by atoms with Crippen LogP contribution in [-0.2, 0) is 25.4 Å². The van der Waals surface area contributed by atoms with E-state index in [1.807, 2.05) is 11.8 Å². The van der Waals surface area contributed by atoms with Crippen molar-refractivity contribution in [3.63, 3.8) is 0 Å². The van der Waals surface area contributed by atoms with Gasteiger partial charge in [-0.2, -0.15) is 4.98 Å². The molecule has 0 spiro atoms. The summed E-state index contributed by atoms with van der Waals surface area (Å²) >= 11 is 1.86. The minimum Gasteiger partial charge on any atom is -0.382 e. The fourth-order valence-electron chi connectivity index (χ4n) is 3.78. The normalized spacial score (nSPS) is 25.7. The van der Waals surface area contributed by atoms with Gasteiger partial charge in [0.1, 0.15) is 5.82 Å². The van der Waals surface area contributed by atoms with Crippen LogP contribution in [0.5, 0.6) is 0 Å². The summed E-state index contributed by atoms with van der Waals surface area (Å²) in [4.78, 5) is 15.7. The topological polar surface area (TPSA) is 69.2 Å². The first-order valence-corrected chi connectivity index (χ1v) is 10.5. The number of anilines is 2. The molecule has 4 heterocycles. The van der Waals surface area contributed by atoms with E-state index in [2.05, 4.69) is 9.80 Å². The van der Waals surface area contributed by atoms with Gasteiger partial charge in [0, 0.05) is 52.6 Å². The third kappa shape index (κ3) is 4.32. The number of morpholine rings is 2. The van der Waals surface area contributed by atoms with Gasteiger partial charge in [-0.15, -0.1) is 11.8 Å². The number of aryl methyl sites for hydroxylation is 1. The summed E-state index contributed by atoms with van der Waals surface area (Å²) in [6.07, 6.45) is 1.15. The zero-order chi connectivity index (χ0) is 18.6. The summed E-state index contributed by atoms with van der Waals surface area (Å²) in [7, 11) is 3.42. The number of rotatable bonds is 6. The van der Waals surface area contributed by atoms with Crippen LogP contribution in [0.25, 0.3) is 0 Å². The highest BCUT2D eigenvalue weighted by molar-refractivity contribution is 7.99. The minimum absolute atomic E-state index is 0.0629. The van der Waals surface area contributed by atoms with Gasteiger partial charge in [0.2, 0.25) is 5.95 Å². The second-order valence-electron chi connectivity index (χ2n) is 7.01. The Morgan fingerprint density at radius 3 is 2.37 bits per heavy atom. The van der Waals surface area contributed by atoms with E-state index in [0.29, 0.717) is 26.4 Å². The molecule has 0 N–H and O–H groups in total. The molecule has 8 nitrogen and oxygen atoms in total. The number of nitrogens with zero attached hydrogens (tertiary/aromatic N) is 4. The first-order valence-electron chi connectivity index (χ1n) is 9.53. The monoisotopic (exact) mass is 396 g/mol. The predicted octanol–water partition coefficient (Wildman–Crippen LogP) is 0.828. The molecule has 4 rings (SSSR count). The van der Waals surface area contributed by atoms with Crippen LogP contribution in [0, 0.1) is 0 Å². The lowest BCUT2D eigenvalue weighted by molar-refractivity contribution is -0.0109. The van der Waals surface area contributed by atoms with E-state index >= 15 is 0 Å². The molecule has 2 atom stereocenters. The maximum atomic E-state index is 5.82. The van der Waals surface area contributed by atoms with Crippen molar-refractivity contribution in [1.82, 2.24) is 9.97 Å².